The third-order valence-electron chi connectivity index (χ3n) is 8.34. The van der Waals surface area contributed by atoms with Gasteiger partial charge in [-0.15, -0.1) is 0 Å². The van der Waals surface area contributed by atoms with Crippen LogP contribution in [0.5, 0.6) is 0 Å². The number of aromatic nitrogens is 1. The standard InChI is InChI=1S/C30H38N2O2/c1-18(2)26-24-25(23-21(32-26)15-28(3,4)16-22(23)33)30(13-7-8-14-30)34-27(24)19-9-11-20(12-10-19)29(5,6)17-31/h9-12,18,22,27,33H,7-8,13-16H2,1-6H3/t22-,27?/m0/s1. The van der Waals surface area contributed by atoms with Crippen molar-refractivity contribution < 1.29 is 9.84 Å². The molecule has 5 rings (SSSR count). The van der Waals surface area contributed by atoms with E-state index in [9.17, 15) is 10.4 Å². The summed E-state index contributed by atoms with van der Waals surface area (Å²) in [7, 11) is 0. The van der Waals surface area contributed by atoms with Crippen LogP contribution in [0.1, 0.15) is 131 Å². The predicted molar refractivity (Wildman–Crippen MR) is 134 cm³/mol. The normalized spacial score (nSPS) is 24.8. The van der Waals surface area contributed by atoms with Crippen LogP contribution in [-0.2, 0) is 22.2 Å². The van der Waals surface area contributed by atoms with Gasteiger partial charge in [0, 0.05) is 22.5 Å². The lowest BCUT2D eigenvalue weighted by atomic mass is 9.70. The van der Waals surface area contributed by atoms with E-state index in [0.29, 0.717) is 0 Å². The Labute approximate surface area is 204 Å². The molecule has 1 spiro atoms. The van der Waals surface area contributed by atoms with E-state index in [-0.39, 0.29) is 23.0 Å². The molecule has 1 fully saturated rings. The predicted octanol–water partition coefficient (Wildman–Crippen LogP) is 6.90. The van der Waals surface area contributed by atoms with Crippen molar-refractivity contribution in [1.82, 2.24) is 4.98 Å². The number of aliphatic hydroxyl groups is 1. The van der Waals surface area contributed by atoms with Crippen LogP contribution in [-0.4, -0.2) is 10.1 Å². The Morgan fingerprint density at radius 1 is 1.12 bits per heavy atom. The molecule has 1 aromatic carbocycles. The number of fused-ring (bicyclic) bond motifs is 4. The second-order valence-electron chi connectivity index (χ2n) is 12.4. The first-order valence-electron chi connectivity index (χ1n) is 12.9. The van der Waals surface area contributed by atoms with Gasteiger partial charge in [0.25, 0.3) is 0 Å². The summed E-state index contributed by atoms with van der Waals surface area (Å²) in [5.74, 6) is 0.265. The van der Waals surface area contributed by atoms with Crippen molar-refractivity contribution in [2.75, 3.05) is 0 Å². The molecule has 2 aromatic rings. The number of rotatable bonds is 3. The summed E-state index contributed by atoms with van der Waals surface area (Å²) < 4.78 is 7.06. The number of benzene rings is 1. The summed E-state index contributed by atoms with van der Waals surface area (Å²) in [5.41, 5.74) is 7.01. The fourth-order valence-corrected chi connectivity index (χ4v) is 6.56. The molecule has 1 aliphatic heterocycles. The number of aliphatic hydroxyl groups excluding tert-OH is 1. The fraction of sp³-hybridized carbons (Fsp3) is 0.600. The minimum atomic E-state index is -0.527. The third-order valence-corrected chi connectivity index (χ3v) is 8.34. The summed E-state index contributed by atoms with van der Waals surface area (Å²) in [6.45, 7) is 12.8. The van der Waals surface area contributed by atoms with Crippen LogP contribution in [0.2, 0.25) is 0 Å². The largest absolute Gasteiger partial charge is 0.388 e. The number of ether oxygens (including phenoxy) is 1. The SMILES string of the molecule is CC(C)c1nc2c(c3c1C(c1ccc(C(C)(C)C#N)cc1)OC31CCCC1)[C@@H](O)CC(C)(C)C2. The molecule has 2 heterocycles. The van der Waals surface area contributed by atoms with E-state index in [4.69, 9.17) is 9.72 Å². The van der Waals surface area contributed by atoms with Crippen molar-refractivity contribution >= 4 is 0 Å². The zero-order valence-corrected chi connectivity index (χ0v) is 21.5. The molecule has 3 aliphatic rings. The number of nitriles is 1. The van der Waals surface area contributed by atoms with E-state index in [1.54, 1.807) is 0 Å². The smallest absolute Gasteiger partial charge is 0.111 e. The molecule has 0 saturated heterocycles. The molecule has 2 aliphatic carbocycles. The summed E-state index contributed by atoms with van der Waals surface area (Å²) >= 11 is 0. The molecular weight excluding hydrogens is 420 g/mol. The van der Waals surface area contributed by atoms with E-state index in [1.165, 1.54) is 11.1 Å². The average Bonchev–Trinajstić information content (AvgIpc) is 3.38. The fourth-order valence-electron chi connectivity index (χ4n) is 6.56. The zero-order chi connectivity index (χ0) is 24.5. The first kappa shape index (κ1) is 23.5. The van der Waals surface area contributed by atoms with Crippen LogP contribution in [0.25, 0.3) is 0 Å². The van der Waals surface area contributed by atoms with Crippen LogP contribution in [0, 0.1) is 16.7 Å². The molecule has 2 atom stereocenters. The van der Waals surface area contributed by atoms with E-state index in [1.807, 2.05) is 13.8 Å². The van der Waals surface area contributed by atoms with Crippen LogP contribution in [0.3, 0.4) is 0 Å². The maximum Gasteiger partial charge on any atom is 0.111 e. The van der Waals surface area contributed by atoms with Gasteiger partial charge in [-0.3, -0.25) is 4.98 Å². The molecule has 4 heteroatoms. The minimum absolute atomic E-state index is 0.0347. The van der Waals surface area contributed by atoms with Crippen molar-refractivity contribution in [2.24, 2.45) is 5.41 Å². The molecule has 180 valence electrons. The molecule has 34 heavy (non-hydrogen) atoms. The summed E-state index contributed by atoms with van der Waals surface area (Å²) in [4.78, 5) is 5.25. The van der Waals surface area contributed by atoms with E-state index in [2.05, 4.69) is 58.0 Å². The van der Waals surface area contributed by atoms with Crippen molar-refractivity contribution in [1.29, 1.82) is 5.26 Å². The quantitative estimate of drug-likeness (QED) is 0.543. The van der Waals surface area contributed by atoms with Crippen molar-refractivity contribution in [3.8, 4) is 6.07 Å². The van der Waals surface area contributed by atoms with Gasteiger partial charge < -0.3 is 9.84 Å². The summed E-state index contributed by atoms with van der Waals surface area (Å²) in [6.07, 6.45) is 5.26. The monoisotopic (exact) mass is 458 g/mol. The van der Waals surface area contributed by atoms with E-state index >= 15 is 0 Å². The lowest BCUT2D eigenvalue weighted by molar-refractivity contribution is -0.0580. The maximum atomic E-state index is 11.4. The Morgan fingerprint density at radius 2 is 1.76 bits per heavy atom. The first-order chi connectivity index (χ1) is 16.0. The van der Waals surface area contributed by atoms with Gasteiger partial charge in [0.2, 0.25) is 0 Å². The third kappa shape index (κ3) is 3.60. The molecule has 1 saturated carbocycles. The number of pyridine rings is 1. The van der Waals surface area contributed by atoms with E-state index < -0.39 is 11.5 Å². The number of nitrogens with zero attached hydrogens (tertiary/aromatic N) is 2. The molecular formula is C30H38N2O2. The van der Waals surface area contributed by atoms with Crippen molar-refractivity contribution in [2.45, 2.75) is 109 Å². The van der Waals surface area contributed by atoms with Crippen molar-refractivity contribution in [3.05, 3.63) is 63.5 Å². The maximum absolute atomic E-state index is 11.4. The van der Waals surface area contributed by atoms with Gasteiger partial charge in [-0.2, -0.15) is 5.26 Å². The Kier molecular flexibility index (Phi) is 5.47. The Hall–Kier alpha value is -2.22. The molecule has 4 nitrogen and oxygen atoms in total. The van der Waals surface area contributed by atoms with E-state index in [0.717, 1.165) is 66.6 Å². The van der Waals surface area contributed by atoms with Gasteiger partial charge in [0.05, 0.1) is 23.2 Å². The van der Waals surface area contributed by atoms with Crippen LogP contribution in [0.4, 0.5) is 0 Å². The lowest BCUT2D eigenvalue weighted by Gasteiger charge is -2.38. The molecule has 0 radical (unpaired) electrons. The molecule has 1 aromatic heterocycles. The minimum Gasteiger partial charge on any atom is -0.388 e. The zero-order valence-electron chi connectivity index (χ0n) is 21.5. The highest BCUT2D eigenvalue weighted by atomic mass is 16.5. The lowest BCUT2D eigenvalue weighted by Crippen LogP contribution is -2.32. The Morgan fingerprint density at radius 3 is 2.35 bits per heavy atom. The summed E-state index contributed by atoms with van der Waals surface area (Å²) in [6, 6.07) is 10.8. The van der Waals surface area contributed by atoms with Gasteiger partial charge >= 0.3 is 0 Å². The van der Waals surface area contributed by atoms with Gasteiger partial charge in [0.15, 0.2) is 0 Å². The van der Waals surface area contributed by atoms with Gasteiger partial charge in [-0.1, -0.05) is 64.8 Å². The number of hydrogen-bond donors (Lipinski definition) is 1. The molecule has 1 N–H and O–H groups in total. The Balaban J connectivity index is 1.72. The highest BCUT2D eigenvalue weighted by Gasteiger charge is 2.52. The molecule has 1 unspecified atom stereocenters. The van der Waals surface area contributed by atoms with Crippen LogP contribution < -0.4 is 0 Å². The van der Waals surface area contributed by atoms with Crippen LogP contribution in [0.15, 0.2) is 24.3 Å². The first-order valence-corrected chi connectivity index (χ1v) is 12.9. The van der Waals surface area contributed by atoms with Crippen LogP contribution >= 0.6 is 0 Å². The van der Waals surface area contributed by atoms with Gasteiger partial charge in [-0.25, -0.2) is 0 Å². The topological polar surface area (TPSA) is 66.1 Å². The highest BCUT2D eigenvalue weighted by molar-refractivity contribution is 5.54. The Bertz CT molecular complexity index is 1150. The summed E-state index contributed by atoms with van der Waals surface area (Å²) in [5, 5.41) is 21.0. The second-order valence-corrected chi connectivity index (χ2v) is 12.4. The second kappa shape index (κ2) is 7.90. The molecule has 0 bridgehead atoms. The van der Waals surface area contributed by atoms with Gasteiger partial charge in [-0.05, 0) is 67.6 Å². The van der Waals surface area contributed by atoms with Gasteiger partial charge in [0.1, 0.15) is 6.10 Å². The highest BCUT2D eigenvalue weighted by Crippen LogP contribution is 2.59. The number of hydrogen-bond acceptors (Lipinski definition) is 4. The average molecular weight is 459 g/mol. The molecule has 0 amide bonds. The van der Waals surface area contributed by atoms with Crippen molar-refractivity contribution in [3.63, 3.8) is 0 Å².